The highest BCUT2D eigenvalue weighted by molar-refractivity contribution is 7.09. The molecule has 0 atom stereocenters. The lowest BCUT2D eigenvalue weighted by molar-refractivity contribution is 0.174. The molecule has 0 spiro atoms. The van der Waals surface area contributed by atoms with E-state index < -0.39 is 0 Å². The molecule has 2 aromatic heterocycles. The maximum absolute atomic E-state index is 5.44. The van der Waals surface area contributed by atoms with E-state index in [1.165, 1.54) is 0 Å². The molecule has 0 saturated carbocycles. The lowest BCUT2D eigenvalue weighted by Gasteiger charge is -2.08. The van der Waals surface area contributed by atoms with Gasteiger partial charge >= 0.3 is 0 Å². The van der Waals surface area contributed by atoms with Crippen LogP contribution < -0.4 is 14.8 Å². The molecule has 3 aromatic rings. The van der Waals surface area contributed by atoms with Crippen LogP contribution in [-0.4, -0.2) is 16.8 Å². The van der Waals surface area contributed by atoms with Gasteiger partial charge in [-0.2, -0.15) is 0 Å². The number of ether oxygens (including phenoxy) is 2. The Bertz CT molecular complexity index is 816. The molecule has 0 fully saturated rings. The van der Waals surface area contributed by atoms with Crippen molar-refractivity contribution in [1.82, 2.24) is 9.97 Å². The second-order valence-corrected chi connectivity index (χ2v) is 5.86. The quantitative estimate of drug-likeness (QED) is 0.804. The van der Waals surface area contributed by atoms with Crippen LogP contribution in [0.2, 0.25) is 0 Å². The molecule has 1 aliphatic heterocycles. The molecule has 0 saturated heterocycles. The fraction of sp³-hybridized carbons (Fsp3) is 0.200. The number of pyridine rings is 1. The lowest BCUT2D eigenvalue weighted by Crippen LogP contribution is -2.02. The second-order valence-electron chi connectivity index (χ2n) is 4.80. The molecular formula is C15H13N3O2S. The Morgan fingerprint density at radius 3 is 2.95 bits per heavy atom. The molecule has 0 bridgehead atoms. The number of anilines is 1. The first-order valence-corrected chi connectivity index (χ1v) is 7.51. The minimum atomic E-state index is 0.278. The molecule has 1 aliphatic rings. The summed E-state index contributed by atoms with van der Waals surface area (Å²) in [6, 6.07) is 5.92. The van der Waals surface area contributed by atoms with E-state index in [1.807, 2.05) is 25.1 Å². The van der Waals surface area contributed by atoms with Gasteiger partial charge in [0.15, 0.2) is 11.5 Å². The summed E-state index contributed by atoms with van der Waals surface area (Å²) in [5.41, 5.74) is 1.03. The smallest absolute Gasteiger partial charge is 0.231 e. The van der Waals surface area contributed by atoms with Gasteiger partial charge in [0, 0.05) is 17.0 Å². The van der Waals surface area contributed by atoms with Crippen molar-refractivity contribution in [1.29, 1.82) is 0 Å². The first-order valence-electron chi connectivity index (χ1n) is 6.63. The number of rotatable bonds is 3. The van der Waals surface area contributed by atoms with Gasteiger partial charge in [-0.3, -0.25) is 0 Å². The normalized spacial score (nSPS) is 12.8. The Labute approximate surface area is 125 Å². The third-order valence-corrected chi connectivity index (χ3v) is 4.18. The van der Waals surface area contributed by atoms with E-state index in [0.717, 1.165) is 38.8 Å². The number of fused-ring (bicyclic) bond motifs is 2. The average Bonchev–Trinajstić information content (AvgIpc) is 3.11. The Morgan fingerprint density at radius 2 is 2.14 bits per heavy atom. The molecule has 0 unspecified atom stereocenters. The maximum Gasteiger partial charge on any atom is 0.231 e. The van der Waals surface area contributed by atoms with Crippen LogP contribution in [0.25, 0.3) is 10.8 Å². The van der Waals surface area contributed by atoms with Crippen LogP contribution >= 0.6 is 11.3 Å². The molecule has 6 heteroatoms. The molecule has 1 aromatic carbocycles. The van der Waals surface area contributed by atoms with Crippen LogP contribution in [0.5, 0.6) is 11.5 Å². The first kappa shape index (κ1) is 12.4. The average molecular weight is 299 g/mol. The van der Waals surface area contributed by atoms with Crippen molar-refractivity contribution in [2.75, 3.05) is 12.1 Å². The van der Waals surface area contributed by atoms with Gasteiger partial charge in [0.25, 0.3) is 0 Å². The number of nitrogens with one attached hydrogen (secondary N) is 1. The van der Waals surface area contributed by atoms with E-state index >= 15 is 0 Å². The lowest BCUT2D eigenvalue weighted by atomic mass is 10.1. The number of hydrogen-bond acceptors (Lipinski definition) is 6. The largest absolute Gasteiger partial charge is 0.454 e. The van der Waals surface area contributed by atoms with Crippen molar-refractivity contribution in [3.63, 3.8) is 0 Å². The van der Waals surface area contributed by atoms with Gasteiger partial charge in [-0.1, -0.05) is 0 Å². The summed E-state index contributed by atoms with van der Waals surface area (Å²) in [6.07, 6.45) is 1.79. The molecule has 0 radical (unpaired) electrons. The molecule has 106 valence electrons. The SMILES string of the molecule is Cc1nc(CNc2nccc3cc4c(cc23)OCO4)cs1. The first-order chi connectivity index (χ1) is 10.3. The summed E-state index contributed by atoms with van der Waals surface area (Å²) in [6.45, 7) is 2.94. The van der Waals surface area contributed by atoms with Crippen LogP contribution in [0.1, 0.15) is 10.7 Å². The number of nitrogens with zero attached hydrogens (tertiary/aromatic N) is 2. The molecule has 3 heterocycles. The number of thiazole rings is 1. The van der Waals surface area contributed by atoms with Gasteiger partial charge in [0.05, 0.1) is 17.2 Å². The molecule has 0 amide bonds. The van der Waals surface area contributed by atoms with E-state index in [-0.39, 0.29) is 6.79 Å². The predicted octanol–water partition coefficient (Wildman–Crippen LogP) is 3.34. The Kier molecular flexibility index (Phi) is 2.89. The minimum Gasteiger partial charge on any atom is -0.454 e. The van der Waals surface area contributed by atoms with Gasteiger partial charge in [0.1, 0.15) is 5.82 Å². The fourth-order valence-electron chi connectivity index (χ4n) is 2.37. The van der Waals surface area contributed by atoms with Crippen molar-refractivity contribution in [3.8, 4) is 11.5 Å². The third kappa shape index (κ3) is 2.27. The van der Waals surface area contributed by atoms with Crippen molar-refractivity contribution >= 4 is 27.9 Å². The fourth-order valence-corrected chi connectivity index (χ4v) is 2.98. The van der Waals surface area contributed by atoms with Gasteiger partial charge in [-0.15, -0.1) is 11.3 Å². The number of aryl methyl sites for hydroxylation is 1. The monoisotopic (exact) mass is 299 g/mol. The topological polar surface area (TPSA) is 56.3 Å². The number of benzene rings is 1. The van der Waals surface area contributed by atoms with Crippen molar-refractivity contribution in [3.05, 3.63) is 40.5 Å². The Balaban J connectivity index is 1.68. The van der Waals surface area contributed by atoms with Gasteiger partial charge < -0.3 is 14.8 Å². The van der Waals surface area contributed by atoms with Crippen LogP contribution in [-0.2, 0) is 6.54 Å². The molecule has 5 nitrogen and oxygen atoms in total. The van der Waals surface area contributed by atoms with E-state index in [0.29, 0.717) is 6.54 Å². The van der Waals surface area contributed by atoms with Gasteiger partial charge in [0.2, 0.25) is 6.79 Å². The third-order valence-electron chi connectivity index (χ3n) is 3.36. The van der Waals surface area contributed by atoms with E-state index in [9.17, 15) is 0 Å². The molecule has 21 heavy (non-hydrogen) atoms. The summed E-state index contributed by atoms with van der Waals surface area (Å²) in [5, 5.41) is 8.57. The van der Waals surface area contributed by atoms with Crippen LogP contribution in [0.3, 0.4) is 0 Å². The highest BCUT2D eigenvalue weighted by Crippen LogP contribution is 2.37. The molecular weight excluding hydrogens is 286 g/mol. The molecule has 1 N–H and O–H groups in total. The van der Waals surface area contributed by atoms with Crippen LogP contribution in [0.4, 0.5) is 5.82 Å². The summed E-state index contributed by atoms with van der Waals surface area (Å²) in [7, 11) is 0. The van der Waals surface area contributed by atoms with E-state index in [2.05, 4.69) is 20.7 Å². The Morgan fingerprint density at radius 1 is 1.29 bits per heavy atom. The second kappa shape index (κ2) is 4.89. The standard InChI is InChI=1S/C15H13N3O2S/c1-9-18-11(7-21-9)6-17-15-12-5-14-13(19-8-20-14)4-10(12)2-3-16-15/h2-5,7H,6,8H2,1H3,(H,16,17). The summed E-state index contributed by atoms with van der Waals surface area (Å²) in [5.74, 6) is 2.38. The number of aromatic nitrogens is 2. The number of hydrogen-bond donors (Lipinski definition) is 1. The molecule has 0 aliphatic carbocycles. The van der Waals surface area contributed by atoms with Crippen molar-refractivity contribution in [2.45, 2.75) is 13.5 Å². The van der Waals surface area contributed by atoms with Crippen molar-refractivity contribution in [2.24, 2.45) is 0 Å². The predicted molar refractivity (Wildman–Crippen MR) is 82.0 cm³/mol. The van der Waals surface area contributed by atoms with Gasteiger partial charge in [-0.25, -0.2) is 9.97 Å². The highest BCUT2D eigenvalue weighted by Gasteiger charge is 2.15. The summed E-state index contributed by atoms with van der Waals surface area (Å²) < 4.78 is 10.8. The Hall–Kier alpha value is -2.34. The van der Waals surface area contributed by atoms with E-state index in [1.54, 1.807) is 17.5 Å². The molecule has 4 rings (SSSR count). The van der Waals surface area contributed by atoms with Crippen molar-refractivity contribution < 1.29 is 9.47 Å². The van der Waals surface area contributed by atoms with Crippen LogP contribution in [0.15, 0.2) is 29.8 Å². The zero-order chi connectivity index (χ0) is 14.2. The van der Waals surface area contributed by atoms with Gasteiger partial charge in [-0.05, 0) is 30.5 Å². The highest BCUT2D eigenvalue weighted by atomic mass is 32.1. The van der Waals surface area contributed by atoms with Crippen LogP contribution in [0, 0.1) is 6.92 Å². The summed E-state index contributed by atoms with van der Waals surface area (Å²) in [4.78, 5) is 8.87. The zero-order valence-electron chi connectivity index (χ0n) is 11.4. The van der Waals surface area contributed by atoms with E-state index in [4.69, 9.17) is 9.47 Å². The summed E-state index contributed by atoms with van der Waals surface area (Å²) >= 11 is 1.65. The maximum atomic E-state index is 5.44. The minimum absolute atomic E-state index is 0.278. The zero-order valence-corrected chi connectivity index (χ0v) is 12.2.